The molecular formula is C26H32N4O. The number of carbonyl (C=O) groups is 1. The molecular weight excluding hydrogens is 384 g/mol. The average molecular weight is 417 g/mol. The second-order valence-electron chi connectivity index (χ2n) is 8.66. The molecule has 1 amide bonds. The van der Waals surface area contributed by atoms with Crippen LogP contribution in [0.5, 0.6) is 0 Å². The van der Waals surface area contributed by atoms with Gasteiger partial charge in [-0.15, -0.1) is 0 Å². The topological polar surface area (TPSA) is 58.1 Å². The summed E-state index contributed by atoms with van der Waals surface area (Å²) in [6.07, 6.45) is 7.98. The number of benzene rings is 1. The van der Waals surface area contributed by atoms with Crippen LogP contribution in [-0.4, -0.2) is 46.5 Å². The molecule has 1 aliphatic rings. The summed E-state index contributed by atoms with van der Waals surface area (Å²) in [4.78, 5) is 25.1. The Morgan fingerprint density at radius 3 is 2.61 bits per heavy atom. The number of pyridine rings is 2. The Bertz CT molecular complexity index is 1030. The lowest BCUT2D eigenvalue weighted by molar-refractivity contribution is 0.0937. The molecule has 1 fully saturated rings. The Kier molecular flexibility index (Phi) is 6.92. The Balaban J connectivity index is 1.54. The van der Waals surface area contributed by atoms with Crippen molar-refractivity contribution in [2.75, 3.05) is 19.6 Å². The monoisotopic (exact) mass is 416 g/mol. The molecule has 1 aliphatic heterocycles. The normalized spacial score (nSPS) is 16.1. The van der Waals surface area contributed by atoms with Gasteiger partial charge in [-0.3, -0.25) is 9.78 Å². The van der Waals surface area contributed by atoms with E-state index in [1.807, 2.05) is 49.4 Å². The Morgan fingerprint density at radius 1 is 1.06 bits per heavy atom. The molecule has 0 saturated carbocycles. The molecule has 31 heavy (non-hydrogen) atoms. The Hall–Kier alpha value is -2.79. The van der Waals surface area contributed by atoms with Crippen LogP contribution in [0, 0.1) is 6.92 Å². The number of amides is 1. The molecule has 3 aromatic rings. The van der Waals surface area contributed by atoms with Crippen LogP contribution in [-0.2, 0) is 0 Å². The van der Waals surface area contributed by atoms with E-state index < -0.39 is 0 Å². The highest BCUT2D eigenvalue weighted by Crippen LogP contribution is 2.26. The van der Waals surface area contributed by atoms with Crippen molar-refractivity contribution in [2.24, 2.45) is 0 Å². The summed E-state index contributed by atoms with van der Waals surface area (Å²) in [5.74, 6) is -0.0430. The lowest BCUT2D eigenvalue weighted by Crippen LogP contribution is -2.36. The summed E-state index contributed by atoms with van der Waals surface area (Å²) in [7, 11) is 0. The zero-order valence-corrected chi connectivity index (χ0v) is 18.6. The number of hydrogen-bond donors (Lipinski definition) is 1. The van der Waals surface area contributed by atoms with E-state index in [1.54, 1.807) is 6.20 Å². The summed E-state index contributed by atoms with van der Waals surface area (Å²) >= 11 is 0. The number of fused-ring (bicyclic) bond motifs is 1. The molecule has 3 heterocycles. The summed E-state index contributed by atoms with van der Waals surface area (Å²) in [5.41, 5.74) is 4.07. The maximum absolute atomic E-state index is 13.3. The standard InChI is InChI=1S/C26H32N4O/c1-19-10-9-11-21-22(18-24(29-25(19)21)23-12-5-6-14-27-23)26(31)28-20(2)13-17-30-15-7-3-4-8-16-30/h5-6,9-12,14,18,20H,3-4,7-8,13,15-17H2,1-2H3,(H,28,31)/t20-/m1/s1. The molecule has 4 rings (SSSR count). The SMILES string of the molecule is Cc1cccc2c(C(=O)N[C@H](C)CCN3CCCCCC3)cc(-c3ccccn3)nc12. The van der Waals surface area contributed by atoms with Crippen LogP contribution in [0.4, 0.5) is 0 Å². The molecule has 0 spiro atoms. The number of carbonyl (C=O) groups excluding carboxylic acids is 1. The van der Waals surface area contributed by atoms with Crippen molar-refractivity contribution in [1.82, 2.24) is 20.2 Å². The lowest BCUT2D eigenvalue weighted by Gasteiger charge is -2.22. The van der Waals surface area contributed by atoms with Gasteiger partial charge in [-0.1, -0.05) is 37.1 Å². The fraction of sp³-hybridized carbons (Fsp3) is 0.423. The van der Waals surface area contributed by atoms with Crippen molar-refractivity contribution < 1.29 is 4.79 Å². The third-order valence-electron chi connectivity index (χ3n) is 6.17. The van der Waals surface area contributed by atoms with E-state index in [9.17, 15) is 4.79 Å². The molecule has 2 aromatic heterocycles. The highest BCUT2D eigenvalue weighted by Gasteiger charge is 2.18. The van der Waals surface area contributed by atoms with Gasteiger partial charge in [0.1, 0.15) is 0 Å². The van der Waals surface area contributed by atoms with E-state index in [1.165, 1.54) is 38.8 Å². The fourth-order valence-corrected chi connectivity index (χ4v) is 4.33. The van der Waals surface area contributed by atoms with Gasteiger partial charge in [0, 0.05) is 24.2 Å². The molecule has 0 unspecified atom stereocenters. The van der Waals surface area contributed by atoms with Crippen molar-refractivity contribution in [3.63, 3.8) is 0 Å². The first-order valence-corrected chi connectivity index (χ1v) is 11.5. The van der Waals surface area contributed by atoms with Gasteiger partial charge in [0.2, 0.25) is 0 Å². The van der Waals surface area contributed by atoms with Crippen LogP contribution in [0.1, 0.15) is 54.9 Å². The van der Waals surface area contributed by atoms with E-state index in [-0.39, 0.29) is 11.9 Å². The number of rotatable bonds is 6. The first-order chi connectivity index (χ1) is 15.1. The van der Waals surface area contributed by atoms with Gasteiger partial charge in [0.05, 0.1) is 22.5 Å². The van der Waals surface area contributed by atoms with E-state index in [2.05, 4.69) is 22.1 Å². The van der Waals surface area contributed by atoms with Gasteiger partial charge in [-0.2, -0.15) is 0 Å². The molecule has 1 saturated heterocycles. The van der Waals surface area contributed by atoms with E-state index >= 15 is 0 Å². The van der Waals surface area contributed by atoms with E-state index in [0.29, 0.717) is 5.56 Å². The zero-order chi connectivity index (χ0) is 21.6. The second-order valence-corrected chi connectivity index (χ2v) is 8.66. The number of para-hydroxylation sites is 1. The van der Waals surface area contributed by atoms with Crippen molar-refractivity contribution in [1.29, 1.82) is 0 Å². The third-order valence-corrected chi connectivity index (χ3v) is 6.17. The first kappa shape index (κ1) is 21.4. The minimum Gasteiger partial charge on any atom is -0.350 e. The van der Waals surface area contributed by atoms with Crippen molar-refractivity contribution in [2.45, 2.75) is 52.0 Å². The highest BCUT2D eigenvalue weighted by molar-refractivity contribution is 6.07. The fourth-order valence-electron chi connectivity index (χ4n) is 4.33. The van der Waals surface area contributed by atoms with Gasteiger partial charge in [0.25, 0.3) is 5.91 Å². The highest BCUT2D eigenvalue weighted by atomic mass is 16.1. The summed E-state index contributed by atoms with van der Waals surface area (Å²) in [6, 6.07) is 13.7. The van der Waals surface area contributed by atoms with Crippen LogP contribution in [0.2, 0.25) is 0 Å². The third kappa shape index (κ3) is 5.28. The van der Waals surface area contributed by atoms with Crippen LogP contribution >= 0.6 is 0 Å². The van der Waals surface area contributed by atoms with Crippen LogP contribution in [0.3, 0.4) is 0 Å². The van der Waals surface area contributed by atoms with Gasteiger partial charge in [-0.05, 0) is 70.0 Å². The van der Waals surface area contributed by atoms with Crippen molar-refractivity contribution in [3.8, 4) is 11.4 Å². The van der Waals surface area contributed by atoms with Crippen LogP contribution < -0.4 is 5.32 Å². The number of nitrogens with one attached hydrogen (secondary N) is 1. The molecule has 0 bridgehead atoms. The number of nitrogens with zero attached hydrogens (tertiary/aromatic N) is 3. The largest absolute Gasteiger partial charge is 0.350 e. The van der Waals surface area contributed by atoms with E-state index in [4.69, 9.17) is 4.98 Å². The predicted octanol–water partition coefficient (Wildman–Crippen LogP) is 4.99. The average Bonchev–Trinajstić information content (AvgIpc) is 3.07. The summed E-state index contributed by atoms with van der Waals surface area (Å²) < 4.78 is 0. The molecule has 5 heteroatoms. The Labute approximate surface area is 184 Å². The summed E-state index contributed by atoms with van der Waals surface area (Å²) in [6.45, 7) is 7.54. The van der Waals surface area contributed by atoms with Gasteiger partial charge in [0.15, 0.2) is 0 Å². The maximum Gasteiger partial charge on any atom is 0.252 e. The Morgan fingerprint density at radius 2 is 1.87 bits per heavy atom. The molecule has 1 N–H and O–H groups in total. The molecule has 1 aromatic carbocycles. The minimum absolute atomic E-state index is 0.0430. The van der Waals surface area contributed by atoms with Crippen LogP contribution in [0.15, 0.2) is 48.7 Å². The van der Waals surface area contributed by atoms with Gasteiger partial charge in [-0.25, -0.2) is 4.98 Å². The molecule has 162 valence electrons. The van der Waals surface area contributed by atoms with Crippen molar-refractivity contribution >= 4 is 16.8 Å². The second kappa shape index (κ2) is 10.0. The number of hydrogen-bond acceptors (Lipinski definition) is 4. The number of aryl methyl sites for hydroxylation is 1. The molecule has 5 nitrogen and oxygen atoms in total. The zero-order valence-electron chi connectivity index (χ0n) is 18.6. The number of aromatic nitrogens is 2. The predicted molar refractivity (Wildman–Crippen MR) is 126 cm³/mol. The lowest BCUT2D eigenvalue weighted by atomic mass is 10.0. The minimum atomic E-state index is -0.0430. The molecule has 1 atom stereocenters. The van der Waals surface area contributed by atoms with Gasteiger partial charge < -0.3 is 10.2 Å². The van der Waals surface area contributed by atoms with Crippen LogP contribution in [0.25, 0.3) is 22.3 Å². The first-order valence-electron chi connectivity index (χ1n) is 11.5. The maximum atomic E-state index is 13.3. The molecule has 0 aliphatic carbocycles. The summed E-state index contributed by atoms with van der Waals surface area (Å²) in [5, 5.41) is 4.11. The van der Waals surface area contributed by atoms with E-state index in [0.717, 1.165) is 40.8 Å². The molecule has 0 radical (unpaired) electrons. The van der Waals surface area contributed by atoms with Crippen molar-refractivity contribution in [3.05, 3.63) is 59.8 Å². The number of likely N-dealkylation sites (tertiary alicyclic amines) is 1. The smallest absolute Gasteiger partial charge is 0.252 e. The van der Waals surface area contributed by atoms with Gasteiger partial charge >= 0.3 is 0 Å². The quantitative estimate of drug-likeness (QED) is 0.615.